The molecule has 4 nitrogen and oxygen atoms in total. The summed E-state index contributed by atoms with van der Waals surface area (Å²) in [7, 11) is 0. The second-order valence-electron chi connectivity index (χ2n) is 3.47. The van der Waals surface area contributed by atoms with Crippen LogP contribution in [0.4, 0.5) is 0 Å². The van der Waals surface area contributed by atoms with Crippen molar-refractivity contribution in [1.82, 2.24) is 10.2 Å². The summed E-state index contributed by atoms with van der Waals surface area (Å²) >= 11 is 0. The van der Waals surface area contributed by atoms with E-state index in [9.17, 15) is 0 Å². The van der Waals surface area contributed by atoms with Crippen LogP contribution in [0.3, 0.4) is 0 Å². The fourth-order valence-electron chi connectivity index (χ4n) is 1.48. The van der Waals surface area contributed by atoms with Crippen LogP contribution in [0, 0.1) is 11.3 Å². The number of hydrogen-bond acceptors (Lipinski definition) is 4. The lowest BCUT2D eigenvalue weighted by Crippen LogP contribution is -2.40. The second-order valence-corrected chi connectivity index (χ2v) is 3.47. The van der Waals surface area contributed by atoms with Crippen molar-refractivity contribution >= 4 is 0 Å². The number of rotatable bonds is 6. The van der Waals surface area contributed by atoms with E-state index in [4.69, 9.17) is 10.00 Å². The summed E-state index contributed by atoms with van der Waals surface area (Å²) in [5, 5.41) is 11.7. The lowest BCUT2D eigenvalue weighted by Gasteiger charge is -2.26. The van der Waals surface area contributed by atoms with Gasteiger partial charge in [-0.25, -0.2) is 0 Å². The first-order valence-electron chi connectivity index (χ1n) is 5.31. The first-order valence-corrected chi connectivity index (χ1v) is 5.31. The quantitative estimate of drug-likeness (QED) is 0.618. The zero-order valence-electron chi connectivity index (χ0n) is 8.67. The molecule has 0 amide bonds. The van der Waals surface area contributed by atoms with Crippen molar-refractivity contribution in [3.8, 4) is 6.07 Å². The highest BCUT2D eigenvalue weighted by atomic mass is 16.5. The van der Waals surface area contributed by atoms with E-state index < -0.39 is 0 Å². The van der Waals surface area contributed by atoms with Gasteiger partial charge < -0.3 is 10.1 Å². The molecule has 4 heteroatoms. The van der Waals surface area contributed by atoms with Crippen LogP contribution in [-0.2, 0) is 4.74 Å². The maximum atomic E-state index is 8.33. The predicted octanol–water partition coefficient (Wildman–Crippen LogP) is 0.212. The van der Waals surface area contributed by atoms with Crippen LogP contribution < -0.4 is 5.32 Å². The molecule has 1 N–H and O–H groups in total. The standard InChI is InChI=1S/C10H19N3O/c11-3-1-2-4-12-5-6-13-7-9-14-10-8-13/h12H,1-2,4-10H2. The number of hydrogen-bond donors (Lipinski definition) is 1. The fourth-order valence-corrected chi connectivity index (χ4v) is 1.48. The summed E-state index contributed by atoms with van der Waals surface area (Å²) in [6.07, 6.45) is 1.62. The van der Waals surface area contributed by atoms with E-state index in [0.29, 0.717) is 6.42 Å². The van der Waals surface area contributed by atoms with E-state index in [1.54, 1.807) is 0 Å². The molecule has 1 saturated heterocycles. The average molecular weight is 197 g/mol. The minimum atomic E-state index is 0.657. The molecule has 0 bridgehead atoms. The van der Waals surface area contributed by atoms with Crippen LogP contribution in [-0.4, -0.2) is 50.8 Å². The summed E-state index contributed by atoms with van der Waals surface area (Å²) in [5.74, 6) is 0. The Balaban J connectivity index is 1.85. The van der Waals surface area contributed by atoms with E-state index in [1.807, 2.05) is 0 Å². The topological polar surface area (TPSA) is 48.3 Å². The van der Waals surface area contributed by atoms with Crippen LogP contribution in [0.2, 0.25) is 0 Å². The van der Waals surface area contributed by atoms with Gasteiger partial charge in [-0.05, 0) is 13.0 Å². The van der Waals surface area contributed by atoms with E-state index >= 15 is 0 Å². The Morgan fingerprint density at radius 1 is 1.29 bits per heavy atom. The molecule has 0 atom stereocenters. The molecule has 1 rings (SSSR count). The molecule has 1 heterocycles. The zero-order valence-corrected chi connectivity index (χ0v) is 8.67. The summed E-state index contributed by atoms with van der Waals surface area (Å²) in [5.41, 5.74) is 0. The molecule has 0 saturated carbocycles. The van der Waals surface area contributed by atoms with Gasteiger partial charge in [-0.2, -0.15) is 5.26 Å². The minimum Gasteiger partial charge on any atom is -0.379 e. The monoisotopic (exact) mass is 197 g/mol. The van der Waals surface area contributed by atoms with Crippen molar-refractivity contribution in [3.63, 3.8) is 0 Å². The van der Waals surface area contributed by atoms with Crippen molar-refractivity contribution in [1.29, 1.82) is 5.26 Å². The first kappa shape index (κ1) is 11.4. The molecule has 1 fully saturated rings. The smallest absolute Gasteiger partial charge is 0.0622 e. The van der Waals surface area contributed by atoms with E-state index in [1.165, 1.54) is 0 Å². The number of nitrogens with one attached hydrogen (secondary N) is 1. The summed E-state index contributed by atoms with van der Waals surface area (Å²) in [4.78, 5) is 2.40. The first-order chi connectivity index (χ1) is 6.93. The number of unbranched alkanes of at least 4 members (excludes halogenated alkanes) is 1. The highest BCUT2D eigenvalue weighted by Crippen LogP contribution is 1.94. The summed E-state index contributed by atoms with van der Waals surface area (Å²) in [6, 6.07) is 2.14. The molecule has 0 unspecified atom stereocenters. The predicted molar refractivity (Wildman–Crippen MR) is 55.0 cm³/mol. The van der Waals surface area contributed by atoms with Crippen LogP contribution in [0.25, 0.3) is 0 Å². The van der Waals surface area contributed by atoms with Crippen molar-refractivity contribution in [2.45, 2.75) is 12.8 Å². The third-order valence-corrected chi connectivity index (χ3v) is 2.35. The van der Waals surface area contributed by atoms with Gasteiger partial charge in [0, 0.05) is 32.6 Å². The molecule has 1 aliphatic rings. The Morgan fingerprint density at radius 3 is 2.79 bits per heavy atom. The molecule has 0 radical (unpaired) electrons. The van der Waals surface area contributed by atoms with Gasteiger partial charge in [0.25, 0.3) is 0 Å². The SMILES string of the molecule is N#CCCCNCCN1CCOCC1. The summed E-state index contributed by atoms with van der Waals surface area (Å²) in [6.45, 7) is 6.92. The molecular weight excluding hydrogens is 178 g/mol. The average Bonchev–Trinajstić information content (AvgIpc) is 2.25. The zero-order chi connectivity index (χ0) is 10.1. The van der Waals surface area contributed by atoms with Crippen LogP contribution >= 0.6 is 0 Å². The van der Waals surface area contributed by atoms with Gasteiger partial charge in [0.15, 0.2) is 0 Å². The molecule has 14 heavy (non-hydrogen) atoms. The van der Waals surface area contributed by atoms with Crippen molar-refractivity contribution in [2.24, 2.45) is 0 Å². The number of ether oxygens (including phenoxy) is 1. The Labute approximate surface area is 85.8 Å². The highest BCUT2D eigenvalue weighted by molar-refractivity contribution is 4.69. The van der Waals surface area contributed by atoms with Gasteiger partial charge in [-0.3, -0.25) is 4.90 Å². The lowest BCUT2D eigenvalue weighted by atomic mass is 10.3. The molecule has 0 aromatic rings. The second kappa shape index (κ2) is 7.74. The maximum absolute atomic E-state index is 8.33. The third kappa shape index (κ3) is 5.18. The van der Waals surface area contributed by atoms with Gasteiger partial charge in [0.1, 0.15) is 0 Å². The van der Waals surface area contributed by atoms with Gasteiger partial charge >= 0.3 is 0 Å². The third-order valence-electron chi connectivity index (χ3n) is 2.35. The number of nitrogens with zero attached hydrogens (tertiary/aromatic N) is 2. The Morgan fingerprint density at radius 2 is 2.07 bits per heavy atom. The molecular formula is C10H19N3O. The Bertz CT molecular complexity index is 173. The number of nitriles is 1. The lowest BCUT2D eigenvalue weighted by molar-refractivity contribution is 0.0384. The Kier molecular flexibility index (Phi) is 6.33. The van der Waals surface area contributed by atoms with E-state index in [2.05, 4.69) is 16.3 Å². The van der Waals surface area contributed by atoms with Crippen LogP contribution in [0.15, 0.2) is 0 Å². The van der Waals surface area contributed by atoms with Crippen molar-refractivity contribution in [2.75, 3.05) is 45.9 Å². The van der Waals surface area contributed by atoms with Crippen molar-refractivity contribution < 1.29 is 4.74 Å². The highest BCUT2D eigenvalue weighted by Gasteiger charge is 2.08. The maximum Gasteiger partial charge on any atom is 0.0622 e. The fraction of sp³-hybridized carbons (Fsp3) is 0.900. The number of morpholine rings is 1. The van der Waals surface area contributed by atoms with Gasteiger partial charge in [0.2, 0.25) is 0 Å². The molecule has 0 aromatic carbocycles. The molecule has 0 spiro atoms. The van der Waals surface area contributed by atoms with Gasteiger partial charge in [-0.15, -0.1) is 0 Å². The minimum absolute atomic E-state index is 0.657. The van der Waals surface area contributed by atoms with Crippen LogP contribution in [0.5, 0.6) is 0 Å². The van der Waals surface area contributed by atoms with E-state index in [0.717, 1.165) is 52.4 Å². The molecule has 0 aliphatic carbocycles. The Hall–Kier alpha value is -0.630. The van der Waals surface area contributed by atoms with Crippen molar-refractivity contribution in [3.05, 3.63) is 0 Å². The van der Waals surface area contributed by atoms with Gasteiger partial charge in [-0.1, -0.05) is 0 Å². The molecule has 0 aromatic heterocycles. The normalized spacial score (nSPS) is 17.9. The molecule has 1 aliphatic heterocycles. The van der Waals surface area contributed by atoms with E-state index in [-0.39, 0.29) is 0 Å². The van der Waals surface area contributed by atoms with Crippen LogP contribution in [0.1, 0.15) is 12.8 Å². The van der Waals surface area contributed by atoms with Gasteiger partial charge in [0.05, 0.1) is 19.3 Å². The summed E-state index contributed by atoms with van der Waals surface area (Å²) < 4.78 is 5.26. The molecule has 80 valence electrons. The largest absolute Gasteiger partial charge is 0.379 e.